The minimum Gasteiger partial charge on any atom is -0.379 e. The lowest BCUT2D eigenvalue weighted by Crippen LogP contribution is -2.52. The number of amides is 1. The van der Waals surface area contributed by atoms with Crippen LogP contribution in [-0.2, 0) is 26.9 Å². The van der Waals surface area contributed by atoms with E-state index in [1.165, 1.54) is 12.1 Å². The van der Waals surface area contributed by atoms with Crippen LogP contribution in [0.2, 0.25) is 5.02 Å². The van der Waals surface area contributed by atoms with Crippen molar-refractivity contribution in [2.75, 3.05) is 37.3 Å². The van der Waals surface area contributed by atoms with Crippen LogP contribution in [0.3, 0.4) is 0 Å². The summed E-state index contributed by atoms with van der Waals surface area (Å²) in [5, 5.41) is 6.39. The zero-order valence-corrected chi connectivity index (χ0v) is 26.3. The molecule has 2 aromatic rings. The zero-order chi connectivity index (χ0) is 30.1. The average Bonchev–Trinajstić information content (AvgIpc) is 2.98. The fourth-order valence-electron chi connectivity index (χ4n) is 6.38. The molecule has 10 heteroatoms. The van der Waals surface area contributed by atoms with Gasteiger partial charge in [0.05, 0.1) is 22.1 Å². The Morgan fingerprint density at radius 3 is 2.67 bits per heavy atom. The van der Waals surface area contributed by atoms with Gasteiger partial charge in [0, 0.05) is 55.7 Å². The molecule has 1 saturated heterocycles. The van der Waals surface area contributed by atoms with E-state index in [1.54, 1.807) is 24.3 Å². The third-order valence-corrected chi connectivity index (χ3v) is 10.6. The second-order valence-corrected chi connectivity index (χ2v) is 13.3. The second-order valence-electron chi connectivity index (χ2n) is 11.4. The number of rotatable bonds is 13. The highest BCUT2D eigenvalue weighted by atomic mass is 35.5. The molecule has 4 rings (SSSR count). The molecule has 2 fully saturated rings. The molecule has 2 aliphatic rings. The predicted molar refractivity (Wildman–Crippen MR) is 166 cm³/mol. The Bertz CT molecular complexity index is 1210. The number of anilines is 1. The number of carbonyl (C=O) groups is 1. The number of piperazine rings is 1. The molecule has 0 radical (unpaired) electrons. The molecule has 0 bridgehead atoms. The van der Waals surface area contributed by atoms with E-state index in [0.29, 0.717) is 49.5 Å². The number of hydrogen-bond acceptors (Lipinski definition) is 4. The van der Waals surface area contributed by atoms with Gasteiger partial charge < -0.3 is 15.4 Å². The van der Waals surface area contributed by atoms with Crippen LogP contribution in [0.4, 0.5) is 14.5 Å². The topological polar surface area (TPSA) is 70.7 Å². The van der Waals surface area contributed by atoms with Gasteiger partial charge in [0.15, 0.2) is 0 Å². The molecule has 2 aromatic carbocycles. The minimum atomic E-state index is -1.06. The van der Waals surface area contributed by atoms with Gasteiger partial charge in [-0.2, -0.15) is 0 Å². The number of halogens is 3. The van der Waals surface area contributed by atoms with Crippen molar-refractivity contribution in [3.05, 3.63) is 64.2 Å². The summed E-state index contributed by atoms with van der Waals surface area (Å²) in [6.45, 7) is 6.84. The molecule has 1 aliphatic carbocycles. The first-order valence-electron chi connectivity index (χ1n) is 15.3. The van der Waals surface area contributed by atoms with Crippen LogP contribution in [0.5, 0.6) is 0 Å². The SMILES string of the molecule is CCCS(=O)N1CCNC[C@@H]1CCc1c(F)cccc1NC(=O)CC(c1ccc(Cl)c(F)c1)C1CCC(OCC)CC1. The van der Waals surface area contributed by atoms with Crippen LogP contribution in [-0.4, -0.2) is 58.6 Å². The Kier molecular flexibility index (Phi) is 12.8. The van der Waals surface area contributed by atoms with Gasteiger partial charge in [-0.15, -0.1) is 0 Å². The highest BCUT2D eigenvalue weighted by Gasteiger charge is 2.31. The third-order valence-electron chi connectivity index (χ3n) is 8.52. The molecular formula is C32H44ClF2N3O3S. The van der Waals surface area contributed by atoms with Crippen molar-refractivity contribution < 1.29 is 22.5 Å². The summed E-state index contributed by atoms with van der Waals surface area (Å²) < 4.78 is 50.2. The van der Waals surface area contributed by atoms with E-state index < -0.39 is 16.8 Å². The van der Waals surface area contributed by atoms with Gasteiger partial charge in [-0.3, -0.25) is 4.79 Å². The Hall–Kier alpha value is -1.91. The van der Waals surface area contributed by atoms with Crippen molar-refractivity contribution >= 4 is 34.2 Å². The molecule has 42 heavy (non-hydrogen) atoms. The van der Waals surface area contributed by atoms with E-state index in [4.69, 9.17) is 16.3 Å². The van der Waals surface area contributed by atoms with Gasteiger partial charge in [0.2, 0.25) is 5.91 Å². The van der Waals surface area contributed by atoms with Crippen molar-refractivity contribution in [3.63, 3.8) is 0 Å². The minimum absolute atomic E-state index is 0.0188. The predicted octanol–water partition coefficient (Wildman–Crippen LogP) is 6.61. The summed E-state index contributed by atoms with van der Waals surface area (Å²) in [5.74, 6) is -0.507. The first-order valence-corrected chi connectivity index (χ1v) is 17.0. The second kappa shape index (κ2) is 16.2. The highest BCUT2D eigenvalue weighted by Crippen LogP contribution is 2.40. The lowest BCUT2D eigenvalue weighted by atomic mass is 9.74. The van der Waals surface area contributed by atoms with E-state index in [-0.39, 0.29) is 47.1 Å². The smallest absolute Gasteiger partial charge is 0.225 e. The number of nitrogens with zero attached hydrogens (tertiary/aromatic N) is 1. The molecule has 1 aliphatic heterocycles. The van der Waals surface area contributed by atoms with E-state index in [2.05, 4.69) is 10.6 Å². The van der Waals surface area contributed by atoms with E-state index >= 15 is 4.39 Å². The number of ether oxygens (including phenoxy) is 1. The maximum Gasteiger partial charge on any atom is 0.225 e. The van der Waals surface area contributed by atoms with Crippen LogP contribution >= 0.6 is 11.6 Å². The number of hydrogen-bond donors (Lipinski definition) is 2. The van der Waals surface area contributed by atoms with Crippen molar-refractivity contribution in [1.82, 2.24) is 9.62 Å². The fraction of sp³-hybridized carbons (Fsp3) is 0.594. The fourth-order valence-corrected chi connectivity index (χ4v) is 7.89. The van der Waals surface area contributed by atoms with Crippen molar-refractivity contribution in [2.24, 2.45) is 5.92 Å². The Morgan fingerprint density at radius 2 is 1.95 bits per heavy atom. The molecular weight excluding hydrogens is 580 g/mol. The first kappa shape index (κ1) is 33.0. The van der Waals surface area contributed by atoms with Gasteiger partial charge in [0.1, 0.15) is 11.6 Å². The summed E-state index contributed by atoms with van der Waals surface area (Å²) in [6, 6.07) is 9.54. The lowest BCUT2D eigenvalue weighted by Gasteiger charge is -2.35. The van der Waals surface area contributed by atoms with Gasteiger partial charge >= 0.3 is 0 Å². The summed E-state index contributed by atoms with van der Waals surface area (Å²) in [7, 11) is -1.06. The van der Waals surface area contributed by atoms with E-state index in [1.807, 2.05) is 18.2 Å². The maximum atomic E-state index is 15.1. The van der Waals surface area contributed by atoms with E-state index in [9.17, 15) is 13.4 Å². The largest absolute Gasteiger partial charge is 0.379 e. The number of benzene rings is 2. The van der Waals surface area contributed by atoms with Gasteiger partial charge in [-0.1, -0.05) is 30.7 Å². The summed E-state index contributed by atoms with van der Waals surface area (Å²) in [6.07, 6.45) is 5.78. The normalized spacial score (nSPS) is 22.9. The molecule has 6 nitrogen and oxygen atoms in total. The van der Waals surface area contributed by atoms with Crippen molar-refractivity contribution in [2.45, 2.75) is 83.3 Å². The molecule has 0 aromatic heterocycles. The lowest BCUT2D eigenvalue weighted by molar-refractivity contribution is -0.117. The van der Waals surface area contributed by atoms with Crippen molar-refractivity contribution in [3.8, 4) is 0 Å². The molecule has 3 atom stereocenters. The Balaban J connectivity index is 1.47. The van der Waals surface area contributed by atoms with Gasteiger partial charge in [-0.05, 0) is 93.5 Å². The van der Waals surface area contributed by atoms with Crippen LogP contribution in [0, 0.1) is 17.6 Å². The van der Waals surface area contributed by atoms with Crippen LogP contribution < -0.4 is 10.6 Å². The zero-order valence-electron chi connectivity index (χ0n) is 24.7. The third kappa shape index (κ3) is 8.82. The Labute approximate surface area is 256 Å². The average molecular weight is 624 g/mol. The molecule has 2 unspecified atom stereocenters. The molecule has 2 N–H and O–H groups in total. The van der Waals surface area contributed by atoms with Gasteiger partial charge in [-0.25, -0.2) is 17.3 Å². The van der Waals surface area contributed by atoms with Crippen molar-refractivity contribution in [1.29, 1.82) is 0 Å². The van der Waals surface area contributed by atoms with E-state index in [0.717, 1.165) is 44.2 Å². The van der Waals surface area contributed by atoms with Crippen LogP contribution in [0.1, 0.15) is 75.8 Å². The molecule has 0 spiro atoms. The molecule has 1 saturated carbocycles. The summed E-state index contributed by atoms with van der Waals surface area (Å²) in [4.78, 5) is 13.5. The van der Waals surface area contributed by atoms with Gasteiger partial charge in [0.25, 0.3) is 0 Å². The first-order chi connectivity index (χ1) is 20.3. The standard InChI is InChI=1S/C32H44ClF2N3O3S/c1-3-18-42(40)38-17-16-36-21-24(38)11-14-26-29(34)6-5-7-31(26)37-32(39)20-27(23-10-15-28(33)30(35)19-23)22-8-12-25(13-9-22)41-4-2/h5-7,10,15,19,22,24-25,27,36H,3-4,8-9,11-14,16-18,20-21H2,1-2H3,(H,37,39)/t22?,24-,25?,27?,42?/m0/s1. The summed E-state index contributed by atoms with van der Waals surface area (Å²) in [5.41, 5.74) is 1.64. The molecule has 232 valence electrons. The monoisotopic (exact) mass is 623 g/mol. The molecule has 1 heterocycles. The van der Waals surface area contributed by atoms with Crippen LogP contribution in [0.25, 0.3) is 0 Å². The quantitative estimate of drug-likeness (QED) is 0.264. The summed E-state index contributed by atoms with van der Waals surface area (Å²) >= 11 is 5.97. The van der Waals surface area contributed by atoms with Crippen LogP contribution in [0.15, 0.2) is 36.4 Å². The number of nitrogens with one attached hydrogen (secondary N) is 2. The molecule has 1 amide bonds. The maximum absolute atomic E-state index is 15.1. The number of carbonyl (C=O) groups excluding carboxylic acids is 1. The Morgan fingerprint density at radius 1 is 1.17 bits per heavy atom. The highest BCUT2D eigenvalue weighted by molar-refractivity contribution is 7.82.